The molecule has 0 spiro atoms. The smallest absolute Gasteiger partial charge is 0.410 e. The molecule has 0 saturated carbocycles. The lowest BCUT2D eigenvalue weighted by atomic mass is 10.3. The van der Waals surface area contributed by atoms with Gasteiger partial charge in [0.1, 0.15) is 5.75 Å². The highest BCUT2D eigenvalue weighted by Crippen LogP contribution is 2.11. The molecule has 1 aliphatic rings. The Bertz CT molecular complexity index is 456. The van der Waals surface area contributed by atoms with Crippen LogP contribution >= 0.6 is 0 Å². The van der Waals surface area contributed by atoms with Gasteiger partial charge >= 0.3 is 6.09 Å². The predicted molar refractivity (Wildman–Crippen MR) is 74.5 cm³/mol. The largest absolute Gasteiger partial charge is 0.415 e. The fourth-order valence-corrected chi connectivity index (χ4v) is 2.02. The molecule has 0 atom stereocenters. The first-order chi connectivity index (χ1) is 9.69. The zero-order valence-electron chi connectivity index (χ0n) is 11.5. The van der Waals surface area contributed by atoms with E-state index in [2.05, 4.69) is 5.32 Å². The van der Waals surface area contributed by atoms with Gasteiger partial charge in [-0.1, -0.05) is 18.2 Å². The molecule has 20 heavy (non-hydrogen) atoms. The number of carbonyl (C=O) groups is 2. The highest BCUT2D eigenvalue weighted by atomic mass is 16.6. The Morgan fingerprint density at radius 3 is 2.40 bits per heavy atom. The molecule has 1 heterocycles. The van der Waals surface area contributed by atoms with Crippen LogP contribution in [0.3, 0.4) is 0 Å². The maximum Gasteiger partial charge on any atom is 0.415 e. The van der Waals surface area contributed by atoms with Crippen LogP contribution in [0, 0.1) is 0 Å². The van der Waals surface area contributed by atoms with Crippen molar-refractivity contribution in [3.63, 3.8) is 0 Å². The van der Waals surface area contributed by atoms with Gasteiger partial charge in [0, 0.05) is 33.2 Å². The Labute approximate surface area is 118 Å². The van der Waals surface area contributed by atoms with Gasteiger partial charge in [0.2, 0.25) is 5.91 Å². The van der Waals surface area contributed by atoms with Crippen molar-refractivity contribution in [3.8, 4) is 5.75 Å². The van der Waals surface area contributed by atoms with E-state index in [4.69, 9.17) is 4.74 Å². The van der Waals surface area contributed by atoms with Crippen LogP contribution in [0.25, 0.3) is 0 Å². The molecular weight excluding hydrogens is 258 g/mol. The molecule has 1 fully saturated rings. The summed E-state index contributed by atoms with van der Waals surface area (Å²) in [6.07, 6.45) is -0.337. The highest BCUT2D eigenvalue weighted by molar-refractivity contribution is 5.77. The summed E-state index contributed by atoms with van der Waals surface area (Å²) in [4.78, 5) is 26.9. The molecule has 6 nitrogen and oxygen atoms in total. The zero-order valence-corrected chi connectivity index (χ0v) is 11.5. The van der Waals surface area contributed by atoms with Gasteiger partial charge in [-0.15, -0.1) is 0 Å². The fraction of sp³-hybridized carbons (Fsp3) is 0.429. The van der Waals surface area contributed by atoms with Crippen LogP contribution in [0.2, 0.25) is 0 Å². The summed E-state index contributed by atoms with van der Waals surface area (Å²) in [6.45, 7) is 2.87. The molecule has 0 unspecified atom stereocenters. The molecule has 0 aliphatic carbocycles. The number of ether oxygens (including phenoxy) is 1. The van der Waals surface area contributed by atoms with E-state index in [1.807, 2.05) is 23.1 Å². The maximum atomic E-state index is 12.0. The monoisotopic (exact) mass is 277 g/mol. The molecule has 1 aromatic carbocycles. The molecular formula is C14H19N3O3. The van der Waals surface area contributed by atoms with E-state index >= 15 is 0 Å². The van der Waals surface area contributed by atoms with Gasteiger partial charge in [0.25, 0.3) is 0 Å². The van der Waals surface area contributed by atoms with Crippen LogP contribution in [-0.4, -0.2) is 61.6 Å². The zero-order chi connectivity index (χ0) is 14.4. The molecule has 2 rings (SSSR count). The SMILES string of the molecule is CNC(=O)CN1CCN(C(=O)Oc2ccccc2)CC1. The quantitative estimate of drug-likeness (QED) is 0.876. The van der Waals surface area contributed by atoms with E-state index in [0.29, 0.717) is 38.5 Å². The summed E-state index contributed by atoms with van der Waals surface area (Å²) < 4.78 is 5.28. The summed E-state index contributed by atoms with van der Waals surface area (Å²) >= 11 is 0. The molecule has 2 amide bonds. The Hall–Kier alpha value is -2.08. The van der Waals surface area contributed by atoms with Crippen molar-refractivity contribution < 1.29 is 14.3 Å². The molecule has 1 N–H and O–H groups in total. The van der Waals surface area contributed by atoms with Crippen molar-refractivity contribution in [1.29, 1.82) is 0 Å². The highest BCUT2D eigenvalue weighted by Gasteiger charge is 2.23. The Balaban J connectivity index is 1.78. The van der Waals surface area contributed by atoms with Crippen LogP contribution in [0.15, 0.2) is 30.3 Å². The number of para-hydroxylation sites is 1. The minimum atomic E-state index is -0.337. The number of rotatable bonds is 3. The van der Waals surface area contributed by atoms with Gasteiger partial charge in [0.05, 0.1) is 6.54 Å². The van der Waals surface area contributed by atoms with Crippen molar-refractivity contribution in [2.24, 2.45) is 0 Å². The topological polar surface area (TPSA) is 61.9 Å². The average Bonchev–Trinajstić information content (AvgIpc) is 2.49. The average molecular weight is 277 g/mol. The molecule has 1 aliphatic heterocycles. The van der Waals surface area contributed by atoms with Crippen molar-refractivity contribution >= 4 is 12.0 Å². The maximum absolute atomic E-state index is 12.0. The van der Waals surface area contributed by atoms with Crippen molar-refractivity contribution in [1.82, 2.24) is 15.1 Å². The molecule has 0 aromatic heterocycles. The first-order valence-corrected chi connectivity index (χ1v) is 6.64. The second kappa shape index (κ2) is 6.91. The van der Waals surface area contributed by atoms with Crippen LogP contribution < -0.4 is 10.1 Å². The van der Waals surface area contributed by atoms with Gasteiger partial charge in [-0.2, -0.15) is 0 Å². The third-order valence-electron chi connectivity index (χ3n) is 3.22. The van der Waals surface area contributed by atoms with Crippen LogP contribution in [0.5, 0.6) is 5.75 Å². The predicted octanol–water partition coefficient (Wildman–Crippen LogP) is 0.549. The van der Waals surface area contributed by atoms with E-state index in [0.717, 1.165) is 0 Å². The van der Waals surface area contributed by atoms with Crippen molar-refractivity contribution in [2.45, 2.75) is 0 Å². The molecule has 0 radical (unpaired) electrons. The van der Waals surface area contributed by atoms with Crippen LogP contribution in [0.1, 0.15) is 0 Å². The number of carbonyl (C=O) groups excluding carboxylic acids is 2. The standard InChI is InChI=1S/C14H19N3O3/c1-15-13(18)11-16-7-9-17(10-8-16)14(19)20-12-5-3-2-4-6-12/h2-6H,7-11H2,1H3,(H,15,18). The fourth-order valence-electron chi connectivity index (χ4n) is 2.02. The number of nitrogens with one attached hydrogen (secondary N) is 1. The molecule has 0 bridgehead atoms. The lowest BCUT2D eigenvalue weighted by molar-refractivity contribution is -0.122. The first kappa shape index (κ1) is 14.3. The number of piperazine rings is 1. The molecule has 108 valence electrons. The number of hydrogen-bond acceptors (Lipinski definition) is 4. The van der Waals surface area contributed by atoms with E-state index in [9.17, 15) is 9.59 Å². The van der Waals surface area contributed by atoms with Crippen LogP contribution in [-0.2, 0) is 4.79 Å². The van der Waals surface area contributed by atoms with E-state index in [1.54, 1.807) is 24.1 Å². The van der Waals surface area contributed by atoms with E-state index < -0.39 is 0 Å². The van der Waals surface area contributed by atoms with Crippen molar-refractivity contribution in [2.75, 3.05) is 39.8 Å². The lowest BCUT2D eigenvalue weighted by Crippen LogP contribution is -2.51. The van der Waals surface area contributed by atoms with Gasteiger partial charge < -0.3 is 15.0 Å². The minimum Gasteiger partial charge on any atom is -0.410 e. The normalized spacial score (nSPS) is 15.8. The second-order valence-corrected chi connectivity index (χ2v) is 4.62. The second-order valence-electron chi connectivity index (χ2n) is 4.62. The van der Waals surface area contributed by atoms with Gasteiger partial charge in [-0.3, -0.25) is 9.69 Å². The van der Waals surface area contributed by atoms with Crippen molar-refractivity contribution in [3.05, 3.63) is 30.3 Å². The summed E-state index contributed by atoms with van der Waals surface area (Å²) in [6, 6.07) is 9.02. The van der Waals surface area contributed by atoms with E-state index in [1.165, 1.54) is 0 Å². The first-order valence-electron chi connectivity index (χ1n) is 6.64. The van der Waals surface area contributed by atoms with Gasteiger partial charge in [-0.05, 0) is 12.1 Å². The number of nitrogens with zero attached hydrogens (tertiary/aromatic N) is 2. The third kappa shape index (κ3) is 3.96. The summed E-state index contributed by atoms with van der Waals surface area (Å²) in [5, 5.41) is 2.59. The summed E-state index contributed by atoms with van der Waals surface area (Å²) in [5.74, 6) is 0.538. The van der Waals surface area contributed by atoms with Gasteiger partial charge in [-0.25, -0.2) is 4.79 Å². The summed E-state index contributed by atoms with van der Waals surface area (Å²) in [5.41, 5.74) is 0. The van der Waals surface area contributed by atoms with E-state index in [-0.39, 0.29) is 12.0 Å². The Kier molecular flexibility index (Phi) is 4.95. The molecule has 1 saturated heterocycles. The number of amides is 2. The number of hydrogen-bond donors (Lipinski definition) is 1. The number of benzene rings is 1. The Morgan fingerprint density at radius 2 is 1.80 bits per heavy atom. The third-order valence-corrected chi connectivity index (χ3v) is 3.22. The summed E-state index contributed by atoms with van der Waals surface area (Å²) in [7, 11) is 1.62. The minimum absolute atomic E-state index is 0.00897. The Morgan fingerprint density at radius 1 is 1.15 bits per heavy atom. The lowest BCUT2D eigenvalue weighted by Gasteiger charge is -2.33. The molecule has 6 heteroatoms. The number of likely N-dealkylation sites (N-methyl/N-ethyl adjacent to an activating group) is 1. The van der Waals surface area contributed by atoms with Crippen LogP contribution in [0.4, 0.5) is 4.79 Å². The molecule has 1 aromatic rings. The van der Waals surface area contributed by atoms with Gasteiger partial charge in [0.15, 0.2) is 0 Å².